The molecule has 0 amide bonds. The molecule has 2 aliphatic heterocycles. The molecule has 0 bridgehead atoms. The third kappa shape index (κ3) is 5.38. The monoisotopic (exact) mass is 483 g/mol. The molecule has 0 radical (unpaired) electrons. The second-order valence-corrected chi connectivity index (χ2v) is 9.92. The number of hydrogen-bond acceptors (Lipinski definition) is 6. The molecule has 0 aliphatic carbocycles. The van der Waals surface area contributed by atoms with Gasteiger partial charge in [0.15, 0.2) is 5.65 Å². The molecule has 1 unspecified atom stereocenters. The zero-order valence-electron chi connectivity index (χ0n) is 19.9. The van der Waals surface area contributed by atoms with E-state index >= 15 is 0 Å². The van der Waals surface area contributed by atoms with Crippen LogP contribution in [0.15, 0.2) is 36.5 Å². The smallest absolute Gasteiger partial charge is 0.239 e. The summed E-state index contributed by atoms with van der Waals surface area (Å²) in [5, 5.41) is 9.23. The highest BCUT2D eigenvalue weighted by Crippen LogP contribution is 2.30. The first-order chi connectivity index (χ1) is 16.7. The summed E-state index contributed by atoms with van der Waals surface area (Å²) < 4.78 is 13.2. The molecule has 2 saturated heterocycles. The Labute approximate surface area is 206 Å². The lowest BCUT2D eigenvalue weighted by molar-refractivity contribution is 0.0662. The number of rotatable bonds is 8. The Morgan fingerprint density at radius 1 is 1.15 bits per heavy atom. The highest BCUT2D eigenvalue weighted by atomic mass is 35.5. The van der Waals surface area contributed by atoms with Gasteiger partial charge in [0.1, 0.15) is 0 Å². The number of nitrogens with zero attached hydrogens (tertiary/aromatic N) is 4. The van der Waals surface area contributed by atoms with Crippen LogP contribution in [0.2, 0.25) is 5.02 Å². The molecule has 1 atom stereocenters. The number of hydrogen-bond donors (Lipinski definition) is 1. The average molecular weight is 484 g/mol. The van der Waals surface area contributed by atoms with Gasteiger partial charge in [-0.15, -0.1) is 5.10 Å². The second kappa shape index (κ2) is 11.0. The zero-order valence-corrected chi connectivity index (χ0v) is 20.6. The minimum Gasteiger partial charge on any atom is -0.480 e. The van der Waals surface area contributed by atoms with Gasteiger partial charge in [-0.25, -0.2) is 9.50 Å². The van der Waals surface area contributed by atoms with Gasteiger partial charge in [0.2, 0.25) is 5.88 Å². The minimum absolute atomic E-state index is 0.402. The van der Waals surface area contributed by atoms with Crippen molar-refractivity contribution in [3.63, 3.8) is 0 Å². The lowest BCUT2D eigenvalue weighted by Gasteiger charge is -2.33. The van der Waals surface area contributed by atoms with Crippen LogP contribution in [0.25, 0.3) is 5.65 Å². The summed E-state index contributed by atoms with van der Waals surface area (Å²) >= 11 is 6.06. The third-order valence-corrected chi connectivity index (χ3v) is 7.37. The van der Waals surface area contributed by atoms with E-state index in [-0.39, 0.29) is 0 Å². The van der Waals surface area contributed by atoms with Gasteiger partial charge in [-0.1, -0.05) is 23.7 Å². The molecule has 8 heteroatoms. The number of fused-ring (bicyclic) bond motifs is 1. The molecule has 2 aliphatic rings. The molecule has 5 rings (SSSR count). The molecule has 2 fully saturated rings. The lowest BCUT2D eigenvalue weighted by Crippen LogP contribution is -2.34. The minimum atomic E-state index is 0.402. The van der Waals surface area contributed by atoms with E-state index in [9.17, 15) is 0 Å². The van der Waals surface area contributed by atoms with Crippen molar-refractivity contribution in [1.82, 2.24) is 24.8 Å². The quantitative estimate of drug-likeness (QED) is 0.515. The fourth-order valence-corrected chi connectivity index (χ4v) is 5.38. The number of benzene rings is 1. The highest BCUT2D eigenvalue weighted by Gasteiger charge is 2.26. The van der Waals surface area contributed by atoms with Gasteiger partial charge >= 0.3 is 0 Å². The van der Waals surface area contributed by atoms with Gasteiger partial charge < -0.3 is 14.8 Å². The van der Waals surface area contributed by atoms with Crippen LogP contribution >= 0.6 is 11.6 Å². The number of nitrogens with one attached hydrogen (secondary N) is 1. The molecular formula is C26H34ClN5O2. The van der Waals surface area contributed by atoms with E-state index in [1.54, 1.807) is 7.11 Å². The van der Waals surface area contributed by atoms with Crippen molar-refractivity contribution in [2.75, 3.05) is 40.0 Å². The Bertz CT molecular complexity index is 1080. The number of ether oxygens (including phenoxy) is 2. The van der Waals surface area contributed by atoms with E-state index in [0.29, 0.717) is 24.3 Å². The zero-order chi connectivity index (χ0) is 23.3. The Balaban J connectivity index is 1.31. The van der Waals surface area contributed by atoms with Crippen LogP contribution in [0.3, 0.4) is 0 Å². The first-order valence-corrected chi connectivity index (χ1v) is 12.7. The van der Waals surface area contributed by atoms with Gasteiger partial charge in [0.05, 0.1) is 18.4 Å². The van der Waals surface area contributed by atoms with Crippen molar-refractivity contribution in [2.24, 2.45) is 5.92 Å². The molecule has 0 saturated carbocycles. The molecule has 182 valence electrons. The lowest BCUT2D eigenvalue weighted by atomic mass is 9.94. The predicted octanol–water partition coefficient (Wildman–Crippen LogP) is 4.29. The average Bonchev–Trinajstić information content (AvgIpc) is 3.24. The number of piperidine rings is 1. The molecule has 34 heavy (non-hydrogen) atoms. The van der Waals surface area contributed by atoms with E-state index in [2.05, 4.69) is 28.4 Å². The SMILES string of the molecule is COc1nn2c(C3CCCN(Cc4ccc(Cl)cc4)C3)ccnc2c1CNCC1CCOCC1. The topological polar surface area (TPSA) is 63.9 Å². The molecule has 4 heterocycles. The van der Waals surface area contributed by atoms with Crippen LogP contribution in [0.5, 0.6) is 5.88 Å². The van der Waals surface area contributed by atoms with E-state index < -0.39 is 0 Å². The number of methoxy groups -OCH3 is 1. The second-order valence-electron chi connectivity index (χ2n) is 9.48. The van der Waals surface area contributed by atoms with Crippen molar-refractivity contribution in [2.45, 2.75) is 44.7 Å². The first kappa shape index (κ1) is 23.5. The van der Waals surface area contributed by atoms with Gasteiger partial charge in [-0.3, -0.25) is 4.90 Å². The van der Waals surface area contributed by atoms with E-state index in [1.165, 1.54) is 17.7 Å². The van der Waals surface area contributed by atoms with Crippen LogP contribution in [0.1, 0.15) is 48.4 Å². The van der Waals surface area contributed by atoms with Crippen molar-refractivity contribution >= 4 is 17.2 Å². The summed E-state index contributed by atoms with van der Waals surface area (Å²) in [6, 6.07) is 10.3. The third-order valence-electron chi connectivity index (χ3n) is 7.12. The fourth-order valence-electron chi connectivity index (χ4n) is 5.26. The normalized spacial score (nSPS) is 20.1. The van der Waals surface area contributed by atoms with Crippen molar-refractivity contribution in [3.05, 3.63) is 58.4 Å². The van der Waals surface area contributed by atoms with Gasteiger partial charge in [0, 0.05) is 50.0 Å². The van der Waals surface area contributed by atoms with Crippen LogP contribution < -0.4 is 10.1 Å². The Morgan fingerprint density at radius 2 is 1.97 bits per heavy atom. The summed E-state index contributed by atoms with van der Waals surface area (Å²) in [5.41, 5.74) is 4.43. The molecule has 7 nitrogen and oxygen atoms in total. The number of halogens is 1. The summed E-state index contributed by atoms with van der Waals surface area (Å²) in [7, 11) is 1.69. The van der Waals surface area contributed by atoms with Crippen LogP contribution in [-0.2, 0) is 17.8 Å². The summed E-state index contributed by atoms with van der Waals surface area (Å²) in [5.74, 6) is 1.73. The summed E-state index contributed by atoms with van der Waals surface area (Å²) in [6.07, 6.45) is 6.48. The standard InChI is InChI=1S/C26H34ClN5O2/c1-33-26-23(16-28-15-19-9-13-34-14-10-19)25-29-11-8-24(32(25)30-26)21-3-2-12-31(18-21)17-20-4-6-22(27)7-5-20/h4-8,11,19,21,28H,2-3,9-10,12-18H2,1H3. The Kier molecular flexibility index (Phi) is 7.64. The molecule has 0 spiro atoms. The predicted molar refractivity (Wildman–Crippen MR) is 133 cm³/mol. The van der Waals surface area contributed by atoms with Crippen LogP contribution in [0, 0.1) is 5.92 Å². The van der Waals surface area contributed by atoms with Gasteiger partial charge in [0.25, 0.3) is 0 Å². The first-order valence-electron chi connectivity index (χ1n) is 12.4. The number of aromatic nitrogens is 3. The van der Waals surface area contributed by atoms with Crippen molar-refractivity contribution in [3.8, 4) is 5.88 Å². The molecule has 1 N–H and O–H groups in total. The summed E-state index contributed by atoms with van der Waals surface area (Å²) in [6.45, 7) is 6.46. The Hall–Kier alpha value is -2.19. The summed E-state index contributed by atoms with van der Waals surface area (Å²) in [4.78, 5) is 7.23. The molecule has 3 aromatic rings. The maximum Gasteiger partial charge on any atom is 0.239 e. The van der Waals surface area contributed by atoms with Crippen LogP contribution in [0.4, 0.5) is 0 Å². The maximum atomic E-state index is 6.06. The van der Waals surface area contributed by atoms with E-state index in [1.807, 2.05) is 22.8 Å². The fraction of sp³-hybridized carbons (Fsp3) is 0.538. The highest BCUT2D eigenvalue weighted by molar-refractivity contribution is 6.30. The Morgan fingerprint density at radius 3 is 2.76 bits per heavy atom. The largest absolute Gasteiger partial charge is 0.480 e. The van der Waals surface area contributed by atoms with Gasteiger partial charge in [-0.2, -0.15) is 0 Å². The van der Waals surface area contributed by atoms with Crippen molar-refractivity contribution in [1.29, 1.82) is 0 Å². The van der Waals surface area contributed by atoms with Gasteiger partial charge in [-0.05, 0) is 68.5 Å². The van der Waals surface area contributed by atoms with Crippen LogP contribution in [-0.4, -0.2) is 59.5 Å². The van der Waals surface area contributed by atoms with E-state index in [4.69, 9.17) is 31.2 Å². The van der Waals surface area contributed by atoms with Crippen molar-refractivity contribution < 1.29 is 9.47 Å². The molecular weight excluding hydrogens is 450 g/mol. The molecule has 2 aromatic heterocycles. The maximum absolute atomic E-state index is 6.06. The number of likely N-dealkylation sites (tertiary alicyclic amines) is 1. The van der Waals surface area contributed by atoms with E-state index in [0.717, 1.165) is 74.9 Å². The molecule has 1 aromatic carbocycles.